The Hall–Kier alpha value is -1.23. The zero-order chi connectivity index (χ0) is 14.6. The van der Waals surface area contributed by atoms with E-state index >= 15 is 0 Å². The van der Waals surface area contributed by atoms with Gasteiger partial charge in [0.15, 0.2) is 0 Å². The van der Waals surface area contributed by atoms with Crippen LogP contribution in [0.15, 0.2) is 24.3 Å². The summed E-state index contributed by atoms with van der Waals surface area (Å²) in [6.07, 6.45) is -1.04. The number of nitrogens with one attached hydrogen (secondary N) is 1. The zero-order valence-electron chi connectivity index (χ0n) is 11.7. The molecule has 1 aromatic rings. The van der Waals surface area contributed by atoms with Gasteiger partial charge in [0.05, 0.1) is 5.56 Å². The van der Waals surface area contributed by atoms with Gasteiger partial charge in [-0.3, -0.25) is 0 Å². The van der Waals surface area contributed by atoms with Crippen LogP contribution in [0.2, 0.25) is 0 Å². The fourth-order valence-electron chi connectivity index (χ4n) is 2.64. The fourth-order valence-corrected chi connectivity index (χ4v) is 2.64. The molecular formula is C15H21F3N2. The molecule has 1 unspecified atom stereocenters. The molecule has 1 saturated heterocycles. The number of alkyl halides is 3. The summed E-state index contributed by atoms with van der Waals surface area (Å²) in [5.41, 5.74) is 0.294. The van der Waals surface area contributed by atoms with Crippen molar-refractivity contribution >= 4 is 5.69 Å². The van der Waals surface area contributed by atoms with Gasteiger partial charge < -0.3 is 10.2 Å². The first-order chi connectivity index (χ1) is 9.50. The average Bonchev–Trinajstić information content (AvgIpc) is 2.64. The molecule has 5 heteroatoms. The molecule has 1 N–H and O–H groups in total. The second-order valence-electron chi connectivity index (χ2n) is 5.28. The van der Waals surface area contributed by atoms with Gasteiger partial charge in [0, 0.05) is 24.8 Å². The quantitative estimate of drug-likeness (QED) is 0.912. The molecule has 0 amide bonds. The van der Waals surface area contributed by atoms with Gasteiger partial charge in [-0.15, -0.1) is 0 Å². The van der Waals surface area contributed by atoms with Crippen LogP contribution in [0.3, 0.4) is 0 Å². The van der Waals surface area contributed by atoms with Gasteiger partial charge in [-0.1, -0.05) is 13.3 Å². The molecule has 1 aliphatic rings. The van der Waals surface area contributed by atoms with Crippen molar-refractivity contribution in [2.45, 2.75) is 38.4 Å². The Morgan fingerprint density at radius 3 is 2.55 bits per heavy atom. The summed E-state index contributed by atoms with van der Waals surface area (Å²) in [5, 5.41) is 3.50. The van der Waals surface area contributed by atoms with Crippen LogP contribution in [-0.2, 0) is 6.18 Å². The van der Waals surface area contributed by atoms with E-state index < -0.39 is 11.7 Å². The van der Waals surface area contributed by atoms with E-state index in [1.54, 1.807) is 12.1 Å². The lowest BCUT2D eigenvalue weighted by molar-refractivity contribution is -0.137. The lowest BCUT2D eigenvalue weighted by Crippen LogP contribution is -2.37. The largest absolute Gasteiger partial charge is 0.416 e. The van der Waals surface area contributed by atoms with Crippen molar-refractivity contribution in [2.75, 3.05) is 24.5 Å². The summed E-state index contributed by atoms with van der Waals surface area (Å²) in [6, 6.07) is 5.92. The summed E-state index contributed by atoms with van der Waals surface area (Å²) >= 11 is 0. The van der Waals surface area contributed by atoms with Gasteiger partial charge in [-0.05, 0) is 43.7 Å². The van der Waals surface area contributed by atoms with Crippen molar-refractivity contribution in [2.24, 2.45) is 0 Å². The molecule has 112 valence electrons. The molecule has 20 heavy (non-hydrogen) atoms. The number of rotatable bonds is 3. The van der Waals surface area contributed by atoms with Crippen LogP contribution in [0.4, 0.5) is 18.9 Å². The Morgan fingerprint density at radius 2 is 1.95 bits per heavy atom. The monoisotopic (exact) mass is 286 g/mol. The Labute approximate surface area is 118 Å². The van der Waals surface area contributed by atoms with Crippen LogP contribution in [-0.4, -0.2) is 25.7 Å². The van der Waals surface area contributed by atoms with Crippen molar-refractivity contribution in [3.8, 4) is 0 Å². The first-order valence-corrected chi connectivity index (χ1v) is 7.16. The maximum atomic E-state index is 12.6. The molecule has 1 fully saturated rings. The second-order valence-corrected chi connectivity index (χ2v) is 5.28. The molecule has 0 saturated carbocycles. The van der Waals surface area contributed by atoms with Crippen LogP contribution < -0.4 is 10.2 Å². The topological polar surface area (TPSA) is 15.3 Å². The van der Waals surface area contributed by atoms with E-state index in [1.165, 1.54) is 12.1 Å². The first-order valence-electron chi connectivity index (χ1n) is 7.16. The van der Waals surface area contributed by atoms with Gasteiger partial charge in [0.25, 0.3) is 0 Å². The third-order valence-electron chi connectivity index (χ3n) is 3.68. The third kappa shape index (κ3) is 3.88. The highest BCUT2D eigenvalue weighted by atomic mass is 19.4. The molecule has 0 spiro atoms. The van der Waals surface area contributed by atoms with Crippen LogP contribution in [0.25, 0.3) is 0 Å². The van der Waals surface area contributed by atoms with Crippen molar-refractivity contribution < 1.29 is 13.2 Å². The van der Waals surface area contributed by atoms with Gasteiger partial charge in [0.2, 0.25) is 0 Å². The predicted molar refractivity (Wildman–Crippen MR) is 75.0 cm³/mol. The molecule has 1 aromatic carbocycles. The lowest BCUT2D eigenvalue weighted by Gasteiger charge is -2.26. The number of benzene rings is 1. The maximum absolute atomic E-state index is 12.6. The third-order valence-corrected chi connectivity index (χ3v) is 3.68. The molecule has 0 aromatic heterocycles. The number of hydrogen-bond acceptors (Lipinski definition) is 2. The molecule has 0 radical (unpaired) electrons. The molecule has 2 rings (SSSR count). The number of anilines is 1. The number of hydrogen-bond donors (Lipinski definition) is 1. The highest BCUT2D eigenvalue weighted by molar-refractivity contribution is 5.48. The van der Waals surface area contributed by atoms with Crippen LogP contribution in [0, 0.1) is 0 Å². The minimum Gasteiger partial charge on any atom is -0.370 e. The Morgan fingerprint density at radius 1 is 1.25 bits per heavy atom. The fraction of sp³-hybridized carbons (Fsp3) is 0.600. The highest BCUT2D eigenvalue weighted by Crippen LogP contribution is 2.30. The van der Waals surface area contributed by atoms with Gasteiger partial charge in [-0.2, -0.15) is 13.2 Å². The van der Waals surface area contributed by atoms with Crippen LogP contribution in [0.1, 0.15) is 31.7 Å². The second kappa shape index (κ2) is 6.48. The zero-order valence-corrected chi connectivity index (χ0v) is 11.7. The number of halogens is 3. The number of nitrogens with zero attached hydrogens (tertiary/aromatic N) is 1. The van der Waals surface area contributed by atoms with E-state index in [0.717, 1.165) is 44.6 Å². The van der Waals surface area contributed by atoms with E-state index in [2.05, 4.69) is 17.1 Å². The van der Waals surface area contributed by atoms with E-state index in [-0.39, 0.29) is 0 Å². The Balaban J connectivity index is 2.09. The van der Waals surface area contributed by atoms with E-state index in [1.807, 2.05) is 0 Å². The summed E-state index contributed by atoms with van der Waals surface area (Å²) in [6.45, 7) is 4.87. The van der Waals surface area contributed by atoms with Gasteiger partial charge in [0.1, 0.15) is 0 Å². The first kappa shape index (κ1) is 15.2. The Bertz CT molecular complexity index is 414. The van der Waals surface area contributed by atoms with Gasteiger partial charge in [-0.25, -0.2) is 0 Å². The van der Waals surface area contributed by atoms with Gasteiger partial charge >= 0.3 is 6.18 Å². The van der Waals surface area contributed by atoms with Crippen molar-refractivity contribution in [1.29, 1.82) is 0 Å². The summed E-state index contributed by atoms with van der Waals surface area (Å²) in [5.74, 6) is 0. The normalized spacial score (nSPS) is 20.8. The van der Waals surface area contributed by atoms with Crippen LogP contribution in [0.5, 0.6) is 0 Å². The van der Waals surface area contributed by atoms with E-state index in [9.17, 15) is 13.2 Å². The maximum Gasteiger partial charge on any atom is 0.416 e. The summed E-state index contributed by atoms with van der Waals surface area (Å²) in [7, 11) is 0. The SMILES string of the molecule is CCCC1CN(c2ccc(C(F)(F)F)cc2)CCCN1. The molecule has 0 aliphatic carbocycles. The minimum absolute atomic E-state index is 0.421. The minimum atomic E-state index is -4.26. The smallest absolute Gasteiger partial charge is 0.370 e. The Kier molecular flexibility index (Phi) is 4.91. The van der Waals surface area contributed by atoms with Crippen molar-refractivity contribution in [3.05, 3.63) is 29.8 Å². The highest BCUT2D eigenvalue weighted by Gasteiger charge is 2.30. The predicted octanol–water partition coefficient (Wildman–Crippen LogP) is 3.67. The van der Waals surface area contributed by atoms with E-state index in [4.69, 9.17) is 0 Å². The standard InChI is InChI=1S/C15H21F3N2/c1-2-4-13-11-20(10-3-9-19-13)14-7-5-12(6-8-14)15(16,17)18/h5-8,13,19H,2-4,9-11H2,1H3. The summed E-state index contributed by atoms with van der Waals surface area (Å²) in [4.78, 5) is 2.18. The molecule has 1 atom stereocenters. The van der Waals surface area contributed by atoms with Crippen molar-refractivity contribution in [1.82, 2.24) is 5.32 Å². The summed E-state index contributed by atoms with van der Waals surface area (Å²) < 4.78 is 37.7. The van der Waals surface area contributed by atoms with Crippen LogP contribution >= 0.6 is 0 Å². The molecular weight excluding hydrogens is 265 g/mol. The molecule has 0 bridgehead atoms. The van der Waals surface area contributed by atoms with E-state index in [0.29, 0.717) is 6.04 Å². The van der Waals surface area contributed by atoms with Crippen molar-refractivity contribution in [3.63, 3.8) is 0 Å². The lowest BCUT2D eigenvalue weighted by atomic mass is 10.1. The molecule has 1 aliphatic heterocycles. The average molecular weight is 286 g/mol. The molecule has 2 nitrogen and oxygen atoms in total. The molecule has 1 heterocycles.